The summed E-state index contributed by atoms with van der Waals surface area (Å²) in [5.41, 5.74) is 6.29. The van der Waals surface area contributed by atoms with E-state index in [1.807, 2.05) is 0 Å². The Morgan fingerprint density at radius 3 is 2.76 bits per heavy atom. The molecule has 0 aromatic heterocycles. The molecule has 1 aliphatic carbocycles. The summed E-state index contributed by atoms with van der Waals surface area (Å²) in [6.07, 6.45) is 2.41. The maximum Gasteiger partial charge on any atom is 0.131 e. The van der Waals surface area contributed by atoms with Crippen molar-refractivity contribution in [3.63, 3.8) is 0 Å². The van der Waals surface area contributed by atoms with Crippen LogP contribution >= 0.6 is 0 Å². The van der Waals surface area contributed by atoms with Crippen LogP contribution in [0.1, 0.15) is 18.4 Å². The second-order valence-electron chi connectivity index (χ2n) is 4.45. The molecule has 0 unspecified atom stereocenters. The zero-order chi connectivity index (χ0) is 12.3. The van der Waals surface area contributed by atoms with Crippen LogP contribution in [0.15, 0.2) is 18.2 Å². The van der Waals surface area contributed by atoms with Crippen LogP contribution in [0.3, 0.4) is 0 Å². The molecule has 4 heteroatoms. The number of hydrogen-bond donors (Lipinski definition) is 1. The first-order chi connectivity index (χ1) is 8.24. The zero-order valence-corrected chi connectivity index (χ0v) is 10.2. The Bertz CT molecular complexity index is 380. The number of benzene rings is 1. The standard InChI is InChI=1S/C13H19FN2O/c1-17-12-5-2-10(13(14)8-12)9-16(7-6-15)11-3-4-11/h2,5,8,11H,3-4,6-7,9,15H2,1H3. The van der Waals surface area contributed by atoms with E-state index in [1.54, 1.807) is 19.2 Å². The molecule has 17 heavy (non-hydrogen) atoms. The van der Waals surface area contributed by atoms with Gasteiger partial charge in [0.05, 0.1) is 7.11 Å². The normalized spacial score (nSPS) is 15.3. The number of nitrogens with zero attached hydrogens (tertiary/aromatic N) is 1. The Hall–Kier alpha value is -1.13. The van der Waals surface area contributed by atoms with E-state index in [4.69, 9.17) is 10.5 Å². The van der Waals surface area contributed by atoms with Crippen LogP contribution in [-0.2, 0) is 6.54 Å². The first-order valence-electron chi connectivity index (χ1n) is 6.01. The van der Waals surface area contributed by atoms with Crippen molar-refractivity contribution < 1.29 is 9.13 Å². The fraction of sp³-hybridized carbons (Fsp3) is 0.538. The van der Waals surface area contributed by atoms with Crippen LogP contribution < -0.4 is 10.5 Å². The fourth-order valence-electron chi connectivity index (χ4n) is 2.00. The monoisotopic (exact) mass is 238 g/mol. The van der Waals surface area contributed by atoms with Gasteiger partial charge in [-0.1, -0.05) is 6.07 Å². The minimum absolute atomic E-state index is 0.202. The van der Waals surface area contributed by atoms with Crippen molar-refractivity contribution in [1.82, 2.24) is 4.90 Å². The highest BCUT2D eigenvalue weighted by Crippen LogP contribution is 2.28. The van der Waals surface area contributed by atoms with E-state index >= 15 is 0 Å². The van der Waals surface area contributed by atoms with Crippen LogP contribution in [0.2, 0.25) is 0 Å². The molecule has 2 rings (SSSR count). The predicted octanol–water partition coefficient (Wildman–Crippen LogP) is 1.76. The molecule has 0 bridgehead atoms. The molecule has 1 fully saturated rings. The first-order valence-corrected chi connectivity index (χ1v) is 6.01. The predicted molar refractivity (Wildman–Crippen MR) is 65.4 cm³/mol. The molecule has 3 nitrogen and oxygen atoms in total. The molecule has 1 aromatic rings. The summed E-state index contributed by atoms with van der Waals surface area (Å²) < 4.78 is 18.8. The van der Waals surface area contributed by atoms with Crippen molar-refractivity contribution in [2.75, 3.05) is 20.2 Å². The first kappa shape index (κ1) is 12.3. The summed E-state index contributed by atoms with van der Waals surface area (Å²) in [5, 5.41) is 0. The number of methoxy groups -OCH3 is 1. The lowest BCUT2D eigenvalue weighted by Gasteiger charge is -2.21. The van der Waals surface area contributed by atoms with Crippen LogP contribution in [0.25, 0.3) is 0 Å². The highest BCUT2D eigenvalue weighted by atomic mass is 19.1. The Morgan fingerprint density at radius 2 is 2.24 bits per heavy atom. The number of ether oxygens (including phenoxy) is 1. The van der Waals surface area contributed by atoms with Gasteiger partial charge in [0, 0.05) is 37.3 Å². The molecule has 0 amide bonds. The smallest absolute Gasteiger partial charge is 0.131 e. The van der Waals surface area contributed by atoms with Gasteiger partial charge < -0.3 is 10.5 Å². The highest BCUT2D eigenvalue weighted by molar-refractivity contribution is 5.29. The minimum Gasteiger partial charge on any atom is -0.497 e. The quantitative estimate of drug-likeness (QED) is 0.820. The second kappa shape index (κ2) is 5.47. The van der Waals surface area contributed by atoms with Gasteiger partial charge in [0.15, 0.2) is 0 Å². The van der Waals surface area contributed by atoms with Crippen molar-refractivity contribution >= 4 is 0 Å². The van der Waals surface area contributed by atoms with E-state index in [9.17, 15) is 4.39 Å². The number of halogens is 1. The van der Waals surface area contributed by atoms with Gasteiger partial charge in [-0.2, -0.15) is 0 Å². The molecule has 0 spiro atoms. The minimum atomic E-state index is -0.202. The largest absolute Gasteiger partial charge is 0.497 e. The summed E-state index contributed by atoms with van der Waals surface area (Å²) in [5.74, 6) is 0.357. The van der Waals surface area contributed by atoms with Crippen molar-refractivity contribution in [3.8, 4) is 5.75 Å². The van der Waals surface area contributed by atoms with Gasteiger partial charge >= 0.3 is 0 Å². The summed E-state index contributed by atoms with van der Waals surface area (Å²) in [6, 6.07) is 5.62. The zero-order valence-electron chi connectivity index (χ0n) is 10.2. The maximum atomic E-state index is 13.8. The van der Waals surface area contributed by atoms with Crippen molar-refractivity contribution in [3.05, 3.63) is 29.6 Å². The molecule has 0 heterocycles. The third kappa shape index (κ3) is 3.17. The SMILES string of the molecule is COc1ccc(CN(CCN)C2CC2)c(F)c1. The molecule has 0 atom stereocenters. The number of hydrogen-bond acceptors (Lipinski definition) is 3. The molecule has 0 aliphatic heterocycles. The average molecular weight is 238 g/mol. The van der Waals surface area contributed by atoms with Crippen molar-refractivity contribution in [2.45, 2.75) is 25.4 Å². The van der Waals surface area contributed by atoms with Crippen LogP contribution in [0.5, 0.6) is 5.75 Å². The topological polar surface area (TPSA) is 38.5 Å². The summed E-state index contributed by atoms with van der Waals surface area (Å²) in [6.45, 7) is 2.09. The van der Waals surface area contributed by atoms with E-state index in [-0.39, 0.29) is 5.82 Å². The van der Waals surface area contributed by atoms with E-state index in [0.29, 0.717) is 30.4 Å². The lowest BCUT2D eigenvalue weighted by molar-refractivity contribution is 0.258. The molecular weight excluding hydrogens is 219 g/mol. The van der Waals surface area contributed by atoms with E-state index in [1.165, 1.54) is 18.9 Å². The third-order valence-corrected chi connectivity index (χ3v) is 3.11. The molecule has 1 saturated carbocycles. The van der Waals surface area contributed by atoms with Gasteiger partial charge in [0.2, 0.25) is 0 Å². The summed E-state index contributed by atoms with van der Waals surface area (Å²) >= 11 is 0. The molecule has 1 aliphatic rings. The Morgan fingerprint density at radius 1 is 1.47 bits per heavy atom. The van der Waals surface area contributed by atoms with Gasteiger partial charge in [-0.05, 0) is 18.9 Å². The van der Waals surface area contributed by atoms with Crippen molar-refractivity contribution in [2.24, 2.45) is 5.73 Å². The van der Waals surface area contributed by atoms with E-state index in [2.05, 4.69) is 4.90 Å². The average Bonchev–Trinajstić information content (AvgIpc) is 3.14. The second-order valence-corrected chi connectivity index (χ2v) is 4.45. The molecule has 94 valence electrons. The third-order valence-electron chi connectivity index (χ3n) is 3.11. The van der Waals surface area contributed by atoms with Gasteiger partial charge in [-0.25, -0.2) is 4.39 Å². The summed E-state index contributed by atoms with van der Waals surface area (Å²) in [4.78, 5) is 2.25. The number of nitrogens with two attached hydrogens (primary N) is 1. The molecule has 0 saturated heterocycles. The molecular formula is C13H19FN2O. The van der Waals surface area contributed by atoms with Crippen LogP contribution in [-0.4, -0.2) is 31.1 Å². The summed E-state index contributed by atoms with van der Waals surface area (Å²) in [7, 11) is 1.54. The fourth-order valence-corrected chi connectivity index (χ4v) is 2.00. The van der Waals surface area contributed by atoms with E-state index < -0.39 is 0 Å². The Labute approximate surface area is 101 Å². The van der Waals surface area contributed by atoms with Gasteiger partial charge in [-0.15, -0.1) is 0 Å². The maximum absolute atomic E-state index is 13.8. The van der Waals surface area contributed by atoms with Gasteiger partial charge in [0.1, 0.15) is 11.6 Å². The van der Waals surface area contributed by atoms with Crippen molar-refractivity contribution in [1.29, 1.82) is 0 Å². The lowest BCUT2D eigenvalue weighted by Crippen LogP contribution is -2.31. The van der Waals surface area contributed by atoms with Crippen LogP contribution in [0.4, 0.5) is 4.39 Å². The lowest BCUT2D eigenvalue weighted by atomic mass is 10.2. The highest BCUT2D eigenvalue weighted by Gasteiger charge is 2.28. The molecule has 1 aromatic carbocycles. The van der Waals surface area contributed by atoms with Gasteiger partial charge in [0.25, 0.3) is 0 Å². The van der Waals surface area contributed by atoms with E-state index in [0.717, 1.165) is 6.54 Å². The molecule has 2 N–H and O–H groups in total. The van der Waals surface area contributed by atoms with Crippen LogP contribution in [0, 0.1) is 5.82 Å². The Balaban J connectivity index is 2.05. The van der Waals surface area contributed by atoms with Gasteiger partial charge in [-0.3, -0.25) is 4.90 Å². The molecule has 0 radical (unpaired) electrons. The Kier molecular flexibility index (Phi) is 3.97. The number of rotatable bonds is 6.